The lowest BCUT2D eigenvalue weighted by Gasteiger charge is -2.26. The van der Waals surface area contributed by atoms with Crippen molar-refractivity contribution in [2.24, 2.45) is 0 Å². The fraction of sp³-hybridized carbons (Fsp3) is 0.364. The molecule has 0 aromatic heterocycles. The highest BCUT2D eigenvalue weighted by Crippen LogP contribution is 2.15. The van der Waals surface area contributed by atoms with E-state index >= 15 is 0 Å². The molecular formula is C22H26N2O3. The highest BCUT2D eigenvalue weighted by Gasteiger charge is 2.10. The van der Waals surface area contributed by atoms with Crippen molar-refractivity contribution in [3.8, 4) is 5.75 Å². The maximum absolute atomic E-state index is 12.0. The zero-order valence-electron chi connectivity index (χ0n) is 15.5. The van der Waals surface area contributed by atoms with Gasteiger partial charge in [-0.2, -0.15) is 0 Å². The minimum absolute atomic E-state index is 0.113. The predicted molar refractivity (Wildman–Crippen MR) is 105 cm³/mol. The number of hydrogen-bond acceptors (Lipinski definition) is 4. The Kier molecular flexibility index (Phi) is 6.99. The zero-order chi connectivity index (χ0) is 18.9. The van der Waals surface area contributed by atoms with Gasteiger partial charge in [0.2, 0.25) is 0 Å². The number of hydrogen-bond donors (Lipinski definition) is 1. The number of likely N-dealkylation sites (tertiary alicyclic amines) is 1. The summed E-state index contributed by atoms with van der Waals surface area (Å²) in [6, 6.07) is 15.2. The number of aldehydes is 1. The van der Waals surface area contributed by atoms with Gasteiger partial charge in [0.1, 0.15) is 5.75 Å². The van der Waals surface area contributed by atoms with Crippen LogP contribution in [0, 0.1) is 0 Å². The summed E-state index contributed by atoms with van der Waals surface area (Å²) < 4.78 is 5.43. The van der Waals surface area contributed by atoms with Crippen LogP contribution < -0.4 is 10.1 Å². The Morgan fingerprint density at radius 1 is 1.00 bits per heavy atom. The molecular weight excluding hydrogens is 340 g/mol. The molecule has 1 fully saturated rings. The van der Waals surface area contributed by atoms with Crippen molar-refractivity contribution in [3.05, 3.63) is 65.2 Å². The van der Waals surface area contributed by atoms with Crippen LogP contribution in [-0.4, -0.2) is 36.8 Å². The van der Waals surface area contributed by atoms with Gasteiger partial charge in [0.05, 0.1) is 5.56 Å². The molecule has 1 amide bonds. The fourth-order valence-electron chi connectivity index (χ4n) is 3.24. The summed E-state index contributed by atoms with van der Waals surface area (Å²) in [5.74, 6) is 0.206. The second kappa shape index (κ2) is 9.88. The molecule has 0 atom stereocenters. The molecule has 1 aliphatic rings. The van der Waals surface area contributed by atoms with E-state index in [4.69, 9.17) is 4.74 Å². The smallest absolute Gasteiger partial charge is 0.258 e. The average Bonchev–Trinajstić information content (AvgIpc) is 2.72. The molecule has 1 N–H and O–H groups in total. The van der Waals surface area contributed by atoms with Crippen molar-refractivity contribution >= 4 is 12.2 Å². The molecule has 1 aliphatic heterocycles. The number of nitrogens with one attached hydrogen (secondary N) is 1. The van der Waals surface area contributed by atoms with Gasteiger partial charge < -0.3 is 10.1 Å². The largest absolute Gasteiger partial charge is 0.483 e. The van der Waals surface area contributed by atoms with Crippen LogP contribution in [0.1, 0.15) is 40.7 Å². The summed E-state index contributed by atoms with van der Waals surface area (Å²) >= 11 is 0. The lowest BCUT2D eigenvalue weighted by Crippen LogP contribution is -2.29. The maximum Gasteiger partial charge on any atom is 0.258 e. The third-order valence-corrected chi connectivity index (χ3v) is 4.77. The lowest BCUT2D eigenvalue weighted by molar-refractivity contribution is -0.123. The van der Waals surface area contributed by atoms with Gasteiger partial charge in [-0.3, -0.25) is 14.5 Å². The van der Waals surface area contributed by atoms with E-state index in [2.05, 4.69) is 34.5 Å². The molecule has 1 saturated heterocycles. The molecule has 5 nitrogen and oxygen atoms in total. The van der Waals surface area contributed by atoms with Gasteiger partial charge >= 0.3 is 0 Å². The van der Waals surface area contributed by atoms with E-state index in [1.807, 2.05) is 0 Å². The topological polar surface area (TPSA) is 58.6 Å². The lowest BCUT2D eigenvalue weighted by atomic mass is 10.1. The molecule has 0 radical (unpaired) electrons. The van der Waals surface area contributed by atoms with Crippen LogP contribution in [0.2, 0.25) is 0 Å². The Morgan fingerprint density at radius 3 is 2.44 bits per heavy atom. The van der Waals surface area contributed by atoms with Gasteiger partial charge in [0, 0.05) is 13.1 Å². The summed E-state index contributed by atoms with van der Waals surface area (Å²) in [7, 11) is 0. The molecule has 0 saturated carbocycles. The summed E-state index contributed by atoms with van der Waals surface area (Å²) in [6.07, 6.45) is 4.66. The minimum Gasteiger partial charge on any atom is -0.483 e. The van der Waals surface area contributed by atoms with Gasteiger partial charge in [-0.15, -0.1) is 0 Å². The van der Waals surface area contributed by atoms with Crippen molar-refractivity contribution in [1.82, 2.24) is 10.2 Å². The molecule has 27 heavy (non-hydrogen) atoms. The summed E-state index contributed by atoms with van der Waals surface area (Å²) in [4.78, 5) is 25.4. The fourth-order valence-corrected chi connectivity index (χ4v) is 3.24. The standard InChI is InChI=1S/C22H26N2O3/c25-16-20-6-2-3-7-21(20)27-17-22(26)23-14-18-8-10-19(11-9-18)15-24-12-4-1-5-13-24/h2-3,6-11,16H,1,4-5,12-15,17H2,(H,23,26). The van der Waals surface area contributed by atoms with Crippen LogP contribution in [-0.2, 0) is 17.9 Å². The van der Waals surface area contributed by atoms with Crippen LogP contribution in [0.3, 0.4) is 0 Å². The Morgan fingerprint density at radius 2 is 1.70 bits per heavy atom. The number of ether oxygens (including phenoxy) is 1. The SMILES string of the molecule is O=Cc1ccccc1OCC(=O)NCc1ccc(CN2CCCCC2)cc1. The first-order valence-electron chi connectivity index (χ1n) is 9.48. The normalized spacial score (nSPS) is 14.5. The summed E-state index contributed by atoms with van der Waals surface area (Å²) in [5.41, 5.74) is 2.80. The molecule has 0 bridgehead atoms. The number of carbonyl (C=O) groups excluding carboxylic acids is 2. The van der Waals surface area contributed by atoms with E-state index in [0.717, 1.165) is 18.4 Å². The van der Waals surface area contributed by atoms with Crippen molar-refractivity contribution in [1.29, 1.82) is 0 Å². The molecule has 2 aromatic carbocycles. The van der Waals surface area contributed by atoms with Crippen LogP contribution in [0.4, 0.5) is 0 Å². The molecule has 0 spiro atoms. The number of para-hydroxylation sites is 1. The summed E-state index contributed by atoms with van der Waals surface area (Å²) in [5, 5.41) is 2.84. The number of piperidine rings is 1. The number of amides is 1. The monoisotopic (exact) mass is 366 g/mol. The van der Waals surface area contributed by atoms with Gasteiger partial charge in [-0.05, 0) is 49.2 Å². The Hall–Kier alpha value is -2.66. The van der Waals surface area contributed by atoms with Crippen LogP contribution in [0.25, 0.3) is 0 Å². The Labute approximate surface area is 160 Å². The molecule has 2 aromatic rings. The van der Waals surface area contributed by atoms with Crippen molar-refractivity contribution in [2.75, 3.05) is 19.7 Å². The van der Waals surface area contributed by atoms with Crippen molar-refractivity contribution < 1.29 is 14.3 Å². The first kappa shape index (κ1) is 19.1. The second-order valence-corrected chi connectivity index (χ2v) is 6.87. The zero-order valence-corrected chi connectivity index (χ0v) is 15.5. The third-order valence-electron chi connectivity index (χ3n) is 4.77. The quantitative estimate of drug-likeness (QED) is 0.729. The highest BCUT2D eigenvalue weighted by molar-refractivity contribution is 5.80. The molecule has 1 heterocycles. The Balaban J connectivity index is 1.42. The molecule has 3 rings (SSSR count). The maximum atomic E-state index is 12.0. The van der Waals surface area contributed by atoms with E-state index in [9.17, 15) is 9.59 Å². The minimum atomic E-state index is -0.215. The van der Waals surface area contributed by atoms with Crippen molar-refractivity contribution in [2.45, 2.75) is 32.4 Å². The van der Waals surface area contributed by atoms with E-state index < -0.39 is 0 Å². The molecule has 142 valence electrons. The molecule has 5 heteroatoms. The first-order valence-corrected chi connectivity index (χ1v) is 9.48. The van der Waals surface area contributed by atoms with Crippen LogP contribution >= 0.6 is 0 Å². The van der Waals surface area contributed by atoms with E-state index in [1.165, 1.54) is 37.9 Å². The average molecular weight is 366 g/mol. The van der Waals surface area contributed by atoms with Gasteiger partial charge in [-0.25, -0.2) is 0 Å². The van der Waals surface area contributed by atoms with Gasteiger partial charge in [0.25, 0.3) is 5.91 Å². The number of rotatable bonds is 8. The van der Waals surface area contributed by atoms with Crippen LogP contribution in [0.15, 0.2) is 48.5 Å². The van der Waals surface area contributed by atoms with Gasteiger partial charge in [-0.1, -0.05) is 42.8 Å². The number of benzene rings is 2. The van der Waals surface area contributed by atoms with Gasteiger partial charge in [0.15, 0.2) is 12.9 Å². The molecule has 0 unspecified atom stereocenters. The van der Waals surface area contributed by atoms with E-state index in [0.29, 0.717) is 17.9 Å². The molecule has 0 aliphatic carbocycles. The summed E-state index contributed by atoms with van der Waals surface area (Å²) in [6.45, 7) is 3.71. The number of nitrogens with zero attached hydrogens (tertiary/aromatic N) is 1. The second-order valence-electron chi connectivity index (χ2n) is 6.87. The van der Waals surface area contributed by atoms with E-state index in [1.54, 1.807) is 24.3 Å². The first-order chi connectivity index (χ1) is 13.2. The predicted octanol–water partition coefficient (Wildman–Crippen LogP) is 3.18. The Bertz CT molecular complexity index is 752. The highest BCUT2D eigenvalue weighted by atomic mass is 16.5. The van der Waals surface area contributed by atoms with Crippen LogP contribution in [0.5, 0.6) is 5.75 Å². The van der Waals surface area contributed by atoms with Crippen molar-refractivity contribution in [3.63, 3.8) is 0 Å². The number of carbonyl (C=O) groups is 2. The third kappa shape index (κ3) is 5.93. The van der Waals surface area contributed by atoms with E-state index in [-0.39, 0.29) is 12.5 Å².